The minimum absolute atomic E-state index is 0.0249. The predicted octanol–water partition coefficient (Wildman–Crippen LogP) is -0.496. The van der Waals surface area contributed by atoms with Crippen LogP contribution in [0.2, 0.25) is 0 Å². The molecule has 0 radical (unpaired) electrons. The summed E-state index contributed by atoms with van der Waals surface area (Å²) in [5.41, 5.74) is 6.08. The second-order valence-electron chi connectivity index (χ2n) is 5.02. The summed E-state index contributed by atoms with van der Waals surface area (Å²) in [5.74, 6) is 0.348. The molecule has 1 aromatic heterocycles. The van der Waals surface area contributed by atoms with Gasteiger partial charge in [-0.3, -0.25) is 9.48 Å². The average molecular weight is 250 g/mol. The van der Waals surface area contributed by atoms with Crippen molar-refractivity contribution in [2.45, 2.75) is 37.6 Å². The lowest BCUT2D eigenvalue weighted by molar-refractivity contribution is -0.139. The van der Waals surface area contributed by atoms with Crippen LogP contribution in [0.4, 0.5) is 0 Å². The van der Waals surface area contributed by atoms with Gasteiger partial charge in [-0.05, 0) is 18.9 Å². The molecule has 6 heteroatoms. The highest BCUT2D eigenvalue weighted by atomic mass is 16.5. The zero-order valence-electron chi connectivity index (χ0n) is 10.2. The topological polar surface area (TPSA) is 82.2 Å². The molecular formula is C12H18N4O2. The van der Waals surface area contributed by atoms with Gasteiger partial charge in [0, 0.05) is 31.0 Å². The first kappa shape index (κ1) is 11.7. The van der Waals surface area contributed by atoms with Gasteiger partial charge in [0.25, 0.3) is 0 Å². The maximum absolute atomic E-state index is 11.9. The summed E-state index contributed by atoms with van der Waals surface area (Å²) < 4.78 is 7.27. The molecule has 0 spiro atoms. The Morgan fingerprint density at radius 1 is 1.61 bits per heavy atom. The lowest BCUT2D eigenvalue weighted by Crippen LogP contribution is -2.72. The molecule has 1 aliphatic heterocycles. The van der Waals surface area contributed by atoms with Gasteiger partial charge in [-0.1, -0.05) is 0 Å². The molecule has 18 heavy (non-hydrogen) atoms. The van der Waals surface area contributed by atoms with Gasteiger partial charge in [-0.2, -0.15) is 5.10 Å². The quantitative estimate of drug-likeness (QED) is 0.758. The van der Waals surface area contributed by atoms with E-state index in [1.165, 1.54) is 0 Å². The van der Waals surface area contributed by atoms with Gasteiger partial charge in [-0.25, -0.2) is 0 Å². The third kappa shape index (κ3) is 2.02. The summed E-state index contributed by atoms with van der Waals surface area (Å²) >= 11 is 0. The van der Waals surface area contributed by atoms with Gasteiger partial charge in [0.2, 0.25) is 5.91 Å². The molecule has 1 saturated heterocycles. The van der Waals surface area contributed by atoms with E-state index in [0.29, 0.717) is 5.92 Å². The highest BCUT2D eigenvalue weighted by Crippen LogP contribution is 2.36. The summed E-state index contributed by atoms with van der Waals surface area (Å²) in [6.07, 6.45) is 5.71. The SMILES string of the molecule is NC1C2CCCOC2C1NC(=O)Cn1cccn1. The molecule has 1 amide bonds. The van der Waals surface area contributed by atoms with Crippen LogP contribution in [-0.2, 0) is 16.1 Å². The maximum Gasteiger partial charge on any atom is 0.242 e. The van der Waals surface area contributed by atoms with Crippen molar-refractivity contribution in [2.75, 3.05) is 6.61 Å². The first-order valence-electron chi connectivity index (χ1n) is 6.39. The van der Waals surface area contributed by atoms with E-state index in [9.17, 15) is 4.79 Å². The Balaban J connectivity index is 1.55. The van der Waals surface area contributed by atoms with E-state index in [1.807, 2.05) is 0 Å². The Bertz CT molecular complexity index is 420. The van der Waals surface area contributed by atoms with Gasteiger partial charge < -0.3 is 15.8 Å². The fourth-order valence-electron chi connectivity index (χ4n) is 2.90. The summed E-state index contributed by atoms with van der Waals surface area (Å²) in [4.78, 5) is 11.9. The fraction of sp³-hybridized carbons (Fsp3) is 0.667. The number of carbonyl (C=O) groups excluding carboxylic acids is 1. The van der Waals surface area contributed by atoms with E-state index >= 15 is 0 Å². The van der Waals surface area contributed by atoms with E-state index in [-0.39, 0.29) is 30.6 Å². The lowest BCUT2D eigenvalue weighted by Gasteiger charge is -2.52. The lowest BCUT2D eigenvalue weighted by atomic mass is 9.68. The zero-order chi connectivity index (χ0) is 12.5. The van der Waals surface area contributed by atoms with Crippen molar-refractivity contribution in [2.24, 2.45) is 11.7 Å². The van der Waals surface area contributed by atoms with Gasteiger partial charge in [0.1, 0.15) is 6.54 Å². The maximum atomic E-state index is 11.9. The van der Waals surface area contributed by atoms with Crippen LogP contribution < -0.4 is 11.1 Å². The minimum Gasteiger partial charge on any atom is -0.376 e. The minimum atomic E-state index is -0.0632. The molecule has 0 aromatic carbocycles. The molecule has 1 aromatic rings. The highest BCUT2D eigenvalue weighted by Gasteiger charge is 2.50. The van der Waals surface area contributed by atoms with Gasteiger partial charge in [-0.15, -0.1) is 0 Å². The summed E-state index contributed by atoms with van der Waals surface area (Å²) in [6.45, 7) is 1.01. The van der Waals surface area contributed by atoms with Gasteiger partial charge >= 0.3 is 0 Å². The molecule has 1 aliphatic carbocycles. The number of nitrogens with one attached hydrogen (secondary N) is 1. The van der Waals surface area contributed by atoms with Crippen LogP contribution in [0.1, 0.15) is 12.8 Å². The molecule has 4 unspecified atom stereocenters. The van der Waals surface area contributed by atoms with E-state index in [1.54, 1.807) is 23.1 Å². The number of fused-ring (bicyclic) bond motifs is 1. The van der Waals surface area contributed by atoms with Gasteiger partial charge in [0.15, 0.2) is 0 Å². The molecule has 1 saturated carbocycles. The van der Waals surface area contributed by atoms with Crippen molar-refractivity contribution in [3.05, 3.63) is 18.5 Å². The fourth-order valence-corrected chi connectivity index (χ4v) is 2.90. The van der Waals surface area contributed by atoms with Crippen LogP contribution in [0.3, 0.4) is 0 Å². The highest BCUT2D eigenvalue weighted by molar-refractivity contribution is 5.76. The molecule has 98 valence electrons. The molecule has 3 N–H and O–H groups in total. The van der Waals surface area contributed by atoms with Crippen LogP contribution in [0.25, 0.3) is 0 Å². The summed E-state index contributed by atoms with van der Waals surface area (Å²) in [7, 11) is 0. The van der Waals surface area contributed by atoms with E-state index in [0.717, 1.165) is 19.4 Å². The van der Waals surface area contributed by atoms with Gasteiger partial charge in [0.05, 0.1) is 12.1 Å². The number of hydrogen-bond donors (Lipinski definition) is 2. The van der Waals surface area contributed by atoms with E-state index in [2.05, 4.69) is 10.4 Å². The van der Waals surface area contributed by atoms with Crippen LogP contribution >= 0.6 is 0 Å². The molecule has 2 fully saturated rings. The van der Waals surface area contributed by atoms with E-state index in [4.69, 9.17) is 10.5 Å². The van der Waals surface area contributed by atoms with Crippen molar-refractivity contribution in [1.82, 2.24) is 15.1 Å². The summed E-state index contributed by atoms with van der Waals surface area (Å²) in [5, 5.41) is 6.96. The van der Waals surface area contributed by atoms with Crippen molar-refractivity contribution in [3.63, 3.8) is 0 Å². The predicted molar refractivity (Wildman–Crippen MR) is 64.6 cm³/mol. The number of aromatic nitrogens is 2. The molecule has 2 heterocycles. The van der Waals surface area contributed by atoms with Crippen molar-refractivity contribution in [3.8, 4) is 0 Å². The third-order valence-corrected chi connectivity index (χ3v) is 3.87. The first-order valence-corrected chi connectivity index (χ1v) is 6.39. The van der Waals surface area contributed by atoms with Crippen LogP contribution in [0, 0.1) is 5.92 Å². The second-order valence-corrected chi connectivity index (χ2v) is 5.02. The smallest absolute Gasteiger partial charge is 0.242 e. The average Bonchev–Trinajstić information content (AvgIpc) is 2.88. The molecular weight excluding hydrogens is 232 g/mol. The monoisotopic (exact) mass is 250 g/mol. The van der Waals surface area contributed by atoms with Crippen LogP contribution in [0.15, 0.2) is 18.5 Å². The Morgan fingerprint density at radius 2 is 2.50 bits per heavy atom. The van der Waals surface area contributed by atoms with E-state index < -0.39 is 0 Å². The third-order valence-electron chi connectivity index (χ3n) is 3.87. The van der Waals surface area contributed by atoms with Crippen molar-refractivity contribution < 1.29 is 9.53 Å². The standard InChI is InChI=1S/C12H18N4O2/c13-10-8-3-1-6-18-12(8)11(10)15-9(17)7-16-5-2-4-14-16/h2,4-5,8,10-12H,1,3,6-7,13H2,(H,15,17). The Hall–Kier alpha value is -1.40. The normalized spacial score (nSPS) is 34.5. The molecule has 4 atom stereocenters. The van der Waals surface area contributed by atoms with Crippen molar-refractivity contribution >= 4 is 5.91 Å². The number of ether oxygens (including phenoxy) is 1. The second kappa shape index (κ2) is 4.70. The number of hydrogen-bond acceptors (Lipinski definition) is 4. The largest absolute Gasteiger partial charge is 0.376 e. The zero-order valence-corrected chi connectivity index (χ0v) is 10.2. The molecule has 2 aliphatic rings. The number of nitrogens with zero attached hydrogens (tertiary/aromatic N) is 2. The van der Waals surface area contributed by atoms with Crippen LogP contribution in [0.5, 0.6) is 0 Å². The van der Waals surface area contributed by atoms with Crippen LogP contribution in [-0.4, -0.2) is 40.5 Å². The Labute approximate surface area is 105 Å². The molecule has 6 nitrogen and oxygen atoms in total. The summed E-state index contributed by atoms with van der Waals surface area (Å²) in [6, 6.07) is 1.78. The Kier molecular flexibility index (Phi) is 3.05. The molecule has 3 rings (SSSR count). The number of carbonyl (C=O) groups is 1. The number of amides is 1. The molecule has 0 bridgehead atoms. The number of rotatable bonds is 3. The first-order chi connectivity index (χ1) is 8.75. The van der Waals surface area contributed by atoms with Crippen molar-refractivity contribution in [1.29, 1.82) is 0 Å². The number of nitrogens with two attached hydrogens (primary N) is 1. The Morgan fingerprint density at radius 3 is 3.28 bits per heavy atom.